The molecule has 0 aromatic heterocycles. The van der Waals surface area contributed by atoms with Crippen LogP contribution in [0.1, 0.15) is 13.8 Å². The first-order valence-corrected chi connectivity index (χ1v) is 6.43. The molecular weight excluding hydrogens is 140 g/mol. The topological polar surface area (TPSA) is 31.5 Å². The molecule has 0 radical (unpaired) electrons. The summed E-state index contributed by atoms with van der Waals surface area (Å²) in [4.78, 5) is 0. The molecule has 2 N–H and O–H groups in total. The largest absolute Gasteiger partial charge is 0.412 e. The highest BCUT2D eigenvalue weighted by atomic mass is 28.3. The van der Waals surface area contributed by atoms with Gasteiger partial charge in [-0.25, -0.2) is 0 Å². The lowest BCUT2D eigenvalue weighted by Crippen LogP contribution is -2.18. The van der Waals surface area contributed by atoms with Crippen molar-refractivity contribution in [2.45, 2.75) is 26.9 Å². The molecule has 1 nitrogen and oxygen atoms in total. The molecule has 0 aromatic rings. The predicted molar refractivity (Wildman–Crippen MR) is 50.7 cm³/mol. The van der Waals surface area contributed by atoms with E-state index in [2.05, 4.69) is 44.9 Å². The van der Waals surface area contributed by atoms with Gasteiger partial charge in [0.1, 0.15) is 0 Å². The standard InChI is InChI=1S/C8H16Si.H2O/c1-6-9(4,5)7-8(2)3;/h6-7H,1H2,2-5H3;1H2. The average molecular weight is 158 g/mol. The van der Waals surface area contributed by atoms with Crippen molar-refractivity contribution in [3.63, 3.8) is 0 Å². The predicted octanol–water partition coefficient (Wildman–Crippen LogP) is 2.10. The number of hydrogen-bond donors (Lipinski definition) is 0. The van der Waals surface area contributed by atoms with Gasteiger partial charge in [-0.3, -0.25) is 0 Å². The Hall–Kier alpha value is -0.343. The third-order valence-electron chi connectivity index (χ3n) is 1.19. The molecule has 0 aliphatic heterocycles. The van der Waals surface area contributed by atoms with E-state index in [9.17, 15) is 0 Å². The maximum atomic E-state index is 3.80. The van der Waals surface area contributed by atoms with Gasteiger partial charge in [-0.15, -0.1) is 6.58 Å². The molecule has 2 heteroatoms. The summed E-state index contributed by atoms with van der Waals surface area (Å²) in [6.45, 7) is 12.6. The van der Waals surface area contributed by atoms with Crippen LogP contribution < -0.4 is 0 Å². The first kappa shape index (κ1) is 12.3. The minimum atomic E-state index is -1.14. The Kier molecular flexibility index (Phi) is 5.52. The van der Waals surface area contributed by atoms with Gasteiger partial charge in [-0.05, 0) is 13.8 Å². The van der Waals surface area contributed by atoms with E-state index in [1.54, 1.807) is 0 Å². The molecular formula is C8H18OSi. The van der Waals surface area contributed by atoms with Gasteiger partial charge >= 0.3 is 0 Å². The smallest absolute Gasteiger partial charge is 0.0947 e. The molecule has 0 aromatic carbocycles. The van der Waals surface area contributed by atoms with Crippen molar-refractivity contribution < 1.29 is 5.48 Å². The summed E-state index contributed by atoms with van der Waals surface area (Å²) in [5.41, 5.74) is 5.85. The third-order valence-corrected chi connectivity index (χ3v) is 3.56. The van der Waals surface area contributed by atoms with Crippen molar-refractivity contribution in [2.24, 2.45) is 0 Å². The first-order valence-electron chi connectivity index (χ1n) is 3.27. The van der Waals surface area contributed by atoms with Gasteiger partial charge in [0.2, 0.25) is 0 Å². The Morgan fingerprint density at radius 3 is 1.80 bits per heavy atom. The molecule has 0 rings (SSSR count). The molecule has 0 atom stereocenters. The van der Waals surface area contributed by atoms with Crippen LogP contribution in [0.25, 0.3) is 0 Å². The molecule has 10 heavy (non-hydrogen) atoms. The number of rotatable bonds is 2. The van der Waals surface area contributed by atoms with Gasteiger partial charge in [0.05, 0.1) is 8.07 Å². The quantitative estimate of drug-likeness (QED) is 0.551. The van der Waals surface area contributed by atoms with Crippen LogP contribution in [0.4, 0.5) is 0 Å². The van der Waals surface area contributed by atoms with Crippen LogP contribution in [-0.2, 0) is 0 Å². The summed E-state index contributed by atoms with van der Waals surface area (Å²) in [6, 6.07) is 0. The fourth-order valence-electron chi connectivity index (χ4n) is 0.803. The Labute approximate surface area is 64.8 Å². The lowest BCUT2D eigenvalue weighted by Gasteiger charge is -2.10. The van der Waals surface area contributed by atoms with Crippen LogP contribution in [0.15, 0.2) is 23.6 Å². The maximum absolute atomic E-state index is 3.80. The van der Waals surface area contributed by atoms with E-state index >= 15 is 0 Å². The minimum Gasteiger partial charge on any atom is -0.412 e. The lowest BCUT2D eigenvalue weighted by molar-refractivity contribution is 0.824. The van der Waals surface area contributed by atoms with Gasteiger partial charge in [0.15, 0.2) is 0 Å². The molecule has 60 valence electrons. The number of hydrogen-bond acceptors (Lipinski definition) is 0. The van der Waals surface area contributed by atoms with Crippen LogP contribution in [0.3, 0.4) is 0 Å². The maximum Gasteiger partial charge on any atom is 0.0947 e. The highest BCUT2D eigenvalue weighted by Crippen LogP contribution is 2.07. The van der Waals surface area contributed by atoms with E-state index in [0.29, 0.717) is 0 Å². The zero-order valence-corrected chi connectivity index (χ0v) is 8.36. The normalized spacial score (nSPS) is 9.60. The second kappa shape index (κ2) is 4.47. The van der Waals surface area contributed by atoms with E-state index in [0.717, 1.165) is 0 Å². The van der Waals surface area contributed by atoms with E-state index in [-0.39, 0.29) is 5.48 Å². The molecule has 0 bridgehead atoms. The Balaban J connectivity index is 0. The van der Waals surface area contributed by atoms with Gasteiger partial charge in [-0.1, -0.05) is 30.1 Å². The summed E-state index contributed by atoms with van der Waals surface area (Å²) >= 11 is 0. The van der Waals surface area contributed by atoms with Crippen LogP contribution in [-0.4, -0.2) is 13.6 Å². The van der Waals surface area contributed by atoms with Crippen molar-refractivity contribution in [1.82, 2.24) is 0 Å². The highest BCUT2D eigenvalue weighted by molar-refractivity contribution is 6.86. The molecule has 0 unspecified atom stereocenters. The second-order valence-corrected chi connectivity index (χ2v) is 7.59. The average Bonchev–Trinajstić information content (AvgIpc) is 1.63. The van der Waals surface area contributed by atoms with Gasteiger partial charge in [-0.2, -0.15) is 0 Å². The molecule has 0 amide bonds. The fraction of sp³-hybridized carbons (Fsp3) is 0.500. The molecule has 0 aliphatic carbocycles. The fourth-order valence-corrected chi connectivity index (χ4v) is 2.41. The van der Waals surface area contributed by atoms with Gasteiger partial charge < -0.3 is 5.48 Å². The molecule has 0 spiro atoms. The van der Waals surface area contributed by atoms with Crippen LogP contribution >= 0.6 is 0 Å². The second-order valence-electron chi connectivity index (χ2n) is 3.25. The van der Waals surface area contributed by atoms with Crippen molar-refractivity contribution in [1.29, 1.82) is 0 Å². The van der Waals surface area contributed by atoms with Crippen molar-refractivity contribution in [2.75, 3.05) is 0 Å². The van der Waals surface area contributed by atoms with Gasteiger partial charge in [0, 0.05) is 0 Å². The lowest BCUT2D eigenvalue weighted by atomic mass is 10.4. The molecule has 0 aliphatic rings. The van der Waals surface area contributed by atoms with E-state index < -0.39 is 8.07 Å². The SMILES string of the molecule is C=C[Si](C)(C)C=C(C)C.O. The Morgan fingerprint density at radius 2 is 1.70 bits per heavy atom. The molecule has 0 heterocycles. The van der Waals surface area contributed by atoms with Crippen LogP contribution in [0.5, 0.6) is 0 Å². The summed E-state index contributed by atoms with van der Waals surface area (Å²) < 4.78 is 0. The summed E-state index contributed by atoms with van der Waals surface area (Å²) in [7, 11) is -1.14. The van der Waals surface area contributed by atoms with Crippen molar-refractivity contribution in [3.8, 4) is 0 Å². The molecule has 0 saturated heterocycles. The number of allylic oxidation sites excluding steroid dienone is 1. The van der Waals surface area contributed by atoms with E-state index in [1.807, 2.05) is 0 Å². The zero-order valence-electron chi connectivity index (χ0n) is 7.36. The van der Waals surface area contributed by atoms with Crippen LogP contribution in [0.2, 0.25) is 13.1 Å². The monoisotopic (exact) mass is 158 g/mol. The van der Waals surface area contributed by atoms with E-state index in [4.69, 9.17) is 0 Å². The summed E-state index contributed by atoms with van der Waals surface area (Å²) in [5, 5.41) is 0. The summed E-state index contributed by atoms with van der Waals surface area (Å²) in [5.74, 6) is 0. The molecule has 0 saturated carbocycles. The van der Waals surface area contributed by atoms with E-state index in [1.165, 1.54) is 5.57 Å². The zero-order chi connectivity index (χ0) is 7.49. The van der Waals surface area contributed by atoms with Crippen LogP contribution in [0, 0.1) is 0 Å². The highest BCUT2D eigenvalue weighted by Gasteiger charge is 2.10. The minimum absolute atomic E-state index is 0. The molecule has 0 fully saturated rings. The third kappa shape index (κ3) is 5.79. The van der Waals surface area contributed by atoms with Gasteiger partial charge in [0.25, 0.3) is 0 Å². The Bertz CT molecular complexity index is 132. The van der Waals surface area contributed by atoms with Crippen molar-refractivity contribution >= 4 is 8.07 Å². The first-order chi connectivity index (χ1) is 3.98. The van der Waals surface area contributed by atoms with Crippen molar-refractivity contribution in [3.05, 3.63) is 23.6 Å². The summed E-state index contributed by atoms with van der Waals surface area (Å²) in [6.07, 6.45) is 0. The Morgan fingerprint density at radius 1 is 1.30 bits per heavy atom.